The van der Waals surface area contributed by atoms with Crippen molar-refractivity contribution in [3.05, 3.63) is 53.1 Å². The normalized spacial score (nSPS) is 29.0. The maximum absolute atomic E-state index is 13.7. The highest BCUT2D eigenvalue weighted by atomic mass is 32.1. The number of hydrogen-bond acceptors (Lipinski definition) is 8. The summed E-state index contributed by atoms with van der Waals surface area (Å²) < 4.78 is 6.95. The smallest absolute Gasteiger partial charge is 0.309 e. The van der Waals surface area contributed by atoms with Crippen molar-refractivity contribution in [2.45, 2.75) is 97.5 Å². The zero-order chi connectivity index (χ0) is 28.7. The van der Waals surface area contributed by atoms with Crippen LogP contribution in [0.1, 0.15) is 89.3 Å². The second kappa shape index (κ2) is 13.8. The molecule has 5 atom stereocenters. The molecule has 1 aliphatic heterocycles. The summed E-state index contributed by atoms with van der Waals surface area (Å²) >= 11 is 1.54. The first-order valence-electron chi connectivity index (χ1n) is 13.9. The quantitative estimate of drug-likeness (QED) is 0.315. The van der Waals surface area contributed by atoms with Crippen LogP contribution in [0, 0.1) is 17.3 Å². The van der Waals surface area contributed by atoms with Crippen molar-refractivity contribution >= 4 is 33.3 Å². The number of thiazole rings is 1. The molecular weight excluding hydrogens is 512 g/mol. The molecule has 1 aromatic heterocycles. The number of fused-ring (bicyclic) bond motifs is 1. The average Bonchev–Trinajstić information content (AvgIpc) is 3.32. The van der Waals surface area contributed by atoms with E-state index in [2.05, 4.69) is 24.6 Å². The van der Waals surface area contributed by atoms with Gasteiger partial charge >= 0.3 is 5.97 Å². The van der Waals surface area contributed by atoms with Gasteiger partial charge in [0.2, 0.25) is 0 Å². The topological polar surface area (TPSA) is 123 Å². The van der Waals surface area contributed by atoms with Crippen LogP contribution < -0.4 is 5.73 Å². The first-order valence-corrected chi connectivity index (χ1v) is 14.7. The van der Waals surface area contributed by atoms with Gasteiger partial charge in [0.1, 0.15) is 16.9 Å². The summed E-state index contributed by atoms with van der Waals surface area (Å²) in [6, 6.07) is 5.84. The molecule has 0 saturated heterocycles. The Labute approximate surface area is 236 Å². The number of ether oxygens (including phenoxy) is 1. The van der Waals surface area contributed by atoms with Crippen LogP contribution in [0.2, 0.25) is 0 Å². The zero-order valence-electron chi connectivity index (χ0n) is 23.7. The number of cyclic esters (lactones) is 1. The van der Waals surface area contributed by atoms with Gasteiger partial charge in [-0.1, -0.05) is 44.6 Å². The first kappa shape index (κ1) is 31.1. The molecule has 8 heteroatoms. The van der Waals surface area contributed by atoms with E-state index in [1.54, 1.807) is 31.3 Å². The molecule has 2 aromatic rings. The average molecular weight is 557 g/mol. The second-order valence-electron chi connectivity index (χ2n) is 11.4. The molecular formula is C31H44N2O5S. The highest BCUT2D eigenvalue weighted by Gasteiger charge is 2.43. The van der Waals surface area contributed by atoms with E-state index in [1.807, 2.05) is 25.1 Å². The van der Waals surface area contributed by atoms with E-state index in [0.717, 1.165) is 40.1 Å². The minimum Gasteiger partial charge on any atom is -0.457 e. The molecule has 0 radical (unpaired) electrons. The highest BCUT2D eigenvalue weighted by Crippen LogP contribution is 2.35. The lowest BCUT2D eigenvalue weighted by atomic mass is 9.71. The second-order valence-corrected chi connectivity index (χ2v) is 12.6. The number of nitrogens with zero attached hydrogens (tertiary/aromatic N) is 1. The predicted molar refractivity (Wildman–Crippen MR) is 156 cm³/mol. The molecule has 0 fully saturated rings. The Morgan fingerprint density at radius 2 is 2.03 bits per heavy atom. The minimum absolute atomic E-state index is 0.0848. The summed E-state index contributed by atoms with van der Waals surface area (Å²) in [5.74, 6) is -1.56. The molecule has 7 nitrogen and oxygen atoms in total. The molecule has 214 valence electrons. The van der Waals surface area contributed by atoms with Gasteiger partial charge in [-0.15, -0.1) is 17.9 Å². The van der Waals surface area contributed by atoms with Crippen LogP contribution in [0.4, 0.5) is 0 Å². The fourth-order valence-corrected chi connectivity index (χ4v) is 6.06. The summed E-state index contributed by atoms with van der Waals surface area (Å²) in [6.45, 7) is 11.4. The van der Waals surface area contributed by atoms with Gasteiger partial charge in [-0.05, 0) is 62.6 Å². The lowest BCUT2D eigenvalue weighted by molar-refractivity contribution is -0.156. The third-order valence-corrected chi connectivity index (χ3v) is 9.09. The van der Waals surface area contributed by atoms with Gasteiger partial charge in [0.25, 0.3) is 0 Å². The van der Waals surface area contributed by atoms with Gasteiger partial charge < -0.3 is 20.7 Å². The number of aliphatic hydroxyl groups is 2. The summed E-state index contributed by atoms with van der Waals surface area (Å²) in [5.41, 5.74) is 7.33. The number of Topliss-reactive ketones (excluding diaryl/α,β-unsaturated/α-hetero) is 1. The van der Waals surface area contributed by atoms with Crippen LogP contribution in [0.3, 0.4) is 0 Å². The molecule has 0 aliphatic carbocycles. The van der Waals surface area contributed by atoms with E-state index in [4.69, 9.17) is 10.5 Å². The minimum atomic E-state index is -1.26. The maximum Gasteiger partial charge on any atom is 0.309 e. The molecule has 1 aliphatic rings. The van der Waals surface area contributed by atoms with Gasteiger partial charge in [0, 0.05) is 18.9 Å². The predicted octanol–water partition coefficient (Wildman–Crippen LogP) is 5.79. The van der Waals surface area contributed by atoms with Crippen LogP contribution in [-0.4, -0.2) is 39.2 Å². The molecule has 39 heavy (non-hydrogen) atoms. The lowest BCUT2D eigenvalue weighted by Crippen LogP contribution is -2.46. The van der Waals surface area contributed by atoms with Crippen LogP contribution in [-0.2, 0) is 20.9 Å². The number of aromatic nitrogens is 1. The van der Waals surface area contributed by atoms with Crippen LogP contribution >= 0.6 is 11.3 Å². The Kier molecular flexibility index (Phi) is 11.0. The standard InChI is InChI=1S/C31H44N2O5S/c1-6-7-11-22-29(36)20(3)10-8-9-19(2)12-14-24(38-28(35)17-26(34)31(4,5)30(22)37)21-13-15-25-23(16-21)33-27(18-32)39-25/h6,12-13,15-16,20,22,24,26,29,34,36H,1,7-11,14,17-18,32H2,2-5H3/b19-12+/t20-,22+,24-,26-,29-/m0/s1. The number of benzene rings is 1. The Hall–Kier alpha value is -2.39. The maximum atomic E-state index is 13.7. The summed E-state index contributed by atoms with van der Waals surface area (Å²) in [7, 11) is 0. The van der Waals surface area contributed by atoms with Crippen LogP contribution in [0.25, 0.3) is 10.2 Å². The molecule has 4 N–H and O–H groups in total. The number of rotatable bonds is 5. The molecule has 0 bridgehead atoms. The summed E-state index contributed by atoms with van der Waals surface area (Å²) in [5, 5.41) is 23.1. The lowest BCUT2D eigenvalue weighted by Gasteiger charge is -2.36. The SMILES string of the molecule is C=CCC[C@H]1C(=O)C(C)(C)[C@@H](O)CC(=O)O[C@H](c2ccc3sc(CN)nc3c2)C/C=C(\C)CCC[C@H](C)[C@@H]1O. The Balaban J connectivity index is 1.93. The van der Waals surface area contributed by atoms with Crippen molar-refractivity contribution in [1.29, 1.82) is 0 Å². The van der Waals surface area contributed by atoms with E-state index < -0.39 is 35.6 Å². The van der Waals surface area contributed by atoms with Crippen LogP contribution in [0.5, 0.6) is 0 Å². The zero-order valence-corrected chi connectivity index (χ0v) is 24.5. The number of nitrogens with two attached hydrogens (primary N) is 1. The summed E-state index contributed by atoms with van der Waals surface area (Å²) in [4.78, 5) is 31.4. The van der Waals surface area contributed by atoms with E-state index in [-0.39, 0.29) is 18.1 Å². The third-order valence-electron chi connectivity index (χ3n) is 8.03. The van der Waals surface area contributed by atoms with E-state index in [9.17, 15) is 19.8 Å². The first-order chi connectivity index (χ1) is 18.5. The fraction of sp³-hybridized carbons (Fsp3) is 0.581. The van der Waals surface area contributed by atoms with Crippen molar-refractivity contribution < 1.29 is 24.5 Å². The number of allylic oxidation sites excluding steroid dienone is 2. The number of hydrogen-bond donors (Lipinski definition) is 3. The number of carbonyl (C=O) groups excluding carboxylic acids is 2. The third kappa shape index (κ3) is 7.84. The number of carbonyl (C=O) groups is 2. The van der Waals surface area contributed by atoms with Crippen LogP contribution in [0.15, 0.2) is 42.5 Å². The van der Waals surface area contributed by atoms with E-state index in [1.165, 1.54) is 5.57 Å². The highest BCUT2D eigenvalue weighted by molar-refractivity contribution is 7.18. The number of aliphatic hydroxyl groups excluding tert-OH is 2. The molecule has 0 saturated carbocycles. The van der Waals surface area contributed by atoms with Crippen molar-refractivity contribution in [3.8, 4) is 0 Å². The fourth-order valence-electron chi connectivity index (χ4n) is 5.23. The molecule has 0 spiro atoms. The molecule has 0 amide bonds. The van der Waals surface area contributed by atoms with Gasteiger partial charge in [-0.3, -0.25) is 9.59 Å². The van der Waals surface area contributed by atoms with E-state index >= 15 is 0 Å². The van der Waals surface area contributed by atoms with Gasteiger partial charge in [-0.25, -0.2) is 4.98 Å². The molecule has 0 unspecified atom stereocenters. The molecule has 2 heterocycles. The van der Waals surface area contributed by atoms with Gasteiger partial charge in [-0.2, -0.15) is 0 Å². The summed E-state index contributed by atoms with van der Waals surface area (Å²) in [6.07, 6.45) is 4.85. The van der Waals surface area contributed by atoms with Crippen molar-refractivity contribution in [2.24, 2.45) is 23.0 Å². The van der Waals surface area contributed by atoms with Gasteiger partial charge in [0.05, 0.1) is 34.3 Å². The largest absolute Gasteiger partial charge is 0.457 e. The van der Waals surface area contributed by atoms with Gasteiger partial charge in [0.15, 0.2) is 0 Å². The van der Waals surface area contributed by atoms with Crippen molar-refractivity contribution in [1.82, 2.24) is 4.98 Å². The Morgan fingerprint density at radius 3 is 2.72 bits per heavy atom. The number of ketones is 1. The molecule has 3 rings (SSSR count). The Morgan fingerprint density at radius 1 is 1.28 bits per heavy atom. The monoisotopic (exact) mass is 556 g/mol. The molecule has 1 aromatic carbocycles. The van der Waals surface area contributed by atoms with Crippen molar-refractivity contribution in [3.63, 3.8) is 0 Å². The Bertz CT molecular complexity index is 1190. The van der Waals surface area contributed by atoms with E-state index in [0.29, 0.717) is 25.8 Å². The van der Waals surface area contributed by atoms with Crippen molar-refractivity contribution in [2.75, 3.05) is 0 Å². The number of esters is 1.